The van der Waals surface area contributed by atoms with E-state index in [-0.39, 0.29) is 6.61 Å². The smallest absolute Gasteiger partial charge is 0.338 e. The molecule has 1 aliphatic heterocycles. The maximum Gasteiger partial charge on any atom is 0.338 e. The highest BCUT2D eigenvalue weighted by Crippen LogP contribution is 2.37. The molecule has 34 heavy (non-hydrogen) atoms. The monoisotopic (exact) mass is 474 g/mol. The van der Waals surface area contributed by atoms with Crippen LogP contribution in [0.5, 0.6) is 0 Å². The van der Waals surface area contributed by atoms with Crippen molar-refractivity contribution in [3.05, 3.63) is 114 Å². The minimum Gasteiger partial charge on any atom is -0.459 e. The molecule has 2 atom stereocenters. The summed E-state index contributed by atoms with van der Waals surface area (Å²) >= 11 is 5.89. The van der Waals surface area contributed by atoms with Crippen LogP contribution in [0.3, 0.4) is 0 Å². The van der Waals surface area contributed by atoms with Gasteiger partial charge in [0, 0.05) is 23.0 Å². The van der Waals surface area contributed by atoms with Crippen molar-refractivity contribution in [2.75, 3.05) is 13.2 Å². The predicted octanol–water partition coefficient (Wildman–Crippen LogP) is 5.33. The molecule has 1 fully saturated rings. The van der Waals surface area contributed by atoms with Gasteiger partial charge in [-0.1, -0.05) is 66.2 Å². The zero-order valence-corrected chi connectivity index (χ0v) is 19.1. The standard InChI is InChI=1S/C27H23ClN2O4/c28-24-12-8-22(9-13-24)26(31)32-16-25-17-33-27(34-25,18-30-15-14-29-19-30)23-10-6-21(7-11-23)20-4-2-1-3-5-20/h1-15,19,25H,16-18H2/t25-,27-/m0/s1. The number of hydrogen-bond acceptors (Lipinski definition) is 5. The van der Waals surface area contributed by atoms with Crippen LogP contribution in [-0.2, 0) is 26.5 Å². The molecule has 0 aliphatic carbocycles. The van der Waals surface area contributed by atoms with E-state index in [2.05, 4.69) is 29.2 Å². The SMILES string of the molecule is O=C(OC[C@H]1CO[C@](Cn2ccnc2)(c2ccc(-c3ccccc3)cc2)O1)c1ccc(Cl)cc1. The summed E-state index contributed by atoms with van der Waals surface area (Å²) in [5.41, 5.74) is 3.56. The van der Waals surface area contributed by atoms with Crippen LogP contribution in [0.15, 0.2) is 97.6 Å². The first kappa shape index (κ1) is 22.3. The molecular weight excluding hydrogens is 452 g/mol. The van der Waals surface area contributed by atoms with E-state index in [9.17, 15) is 4.79 Å². The van der Waals surface area contributed by atoms with Gasteiger partial charge in [0.15, 0.2) is 0 Å². The Hall–Kier alpha value is -3.45. The summed E-state index contributed by atoms with van der Waals surface area (Å²) in [4.78, 5) is 16.5. The van der Waals surface area contributed by atoms with E-state index in [1.165, 1.54) is 0 Å². The van der Waals surface area contributed by atoms with E-state index in [0.717, 1.165) is 16.7 Å². The van der Waals surface area contributed by atoms with Crippen molar-refractivity contribution < 1.29 is 19.0 Å². The Bertz CT molecular complexity index is 1230. The van der Waals surface area contributed by atoms with Gasteiger partial charge in [-0.05, 0) is 35.4 Å². The molecule has 5 rings (SSSR count). The number of hydrogen-bond donors (Lipinski definition) is 0. The van der Waals surface area contributed by atoms with Gasteiger partial charge < -0.3 is 18.8 Å². The minimum atomic E-state index is -1.02. The second kappa shape index (κ2) is 9.81. The lowest BCUT2D eigenvalue weighted by Crippen LogP contribution is -2.34. The molecule has 0 amide bonds. The number of aromatic nitrogens is 2. The zero-order valence-electron chi connectivity index (χ0n) is 18.3. The van der Waals surface area contributed by atoms with Crippen molar-refractivity contribution >= 4 is 17.6 Å². The van der Waals surface area contributed by atoms with Crippen molar-refractivity contribution in [3.8, 4) is 11.1 Å². The van der Waals surface area contributed by atoms with Gasteiger partial charge >= 0.3 is 5.97 Å². The topological polar surface area (TPSA) is 62.6 Å². The Kier molecular flexibility index (Phi) is 6.45. The normalized spacial score (nSPS) is 19.7. The number of carbonyl (C=O) groups excluding carboxylic acids is 1. The van der Waals surface area contributed by atoms with Crippen molar-refractivity contribution in [2.45, 2.75) is 18.4 Å². The third-order valence-corrected chi connectivity index (χ3v) is 5.97. The molecule has 7 heteroatoms. The van der Waals surface area contributed by atoms with Crippen LogP contribution in [-0.4, -0.2) is 34.8 Å². The lowest BCUT2D eigenvalue weighted by molar-refractivity contribution is -0.190. The fourth-order valence-electron chi connectivity index (χ4n) is 3.98. The fraction of sp³-hybridized carbons (Fsp3) is 0.185. The first-order valence-corrected chi connectivity index (χ1v) is 11.4. The van der Waals surface area contributed by atoms with Crippen molar-refractivity contribution in [1.82, 2.24) is 9.55 Å². The van der Waals surface area contributed by atoms with Crippen LogP contribution in [0.1, 0.15) is 15.9 Å². The lowest BCUT2D eigenvalue weighted by Gasteiger charge is -2.29. The average molecular weight is 475 g/mol. The largest absolute Gasteiger partial charge is 0.459 e. The molecule has 1 aromatic heterocycles. The highest BCUT2D eigenvalue weighted by molar-refractivity contribution is 6.30. The Balaban J connectivity index is 1.32. The van der Waals surface area contributed by atoms with Gasteiger partial charge in [-0.2, -0.15) is 0 Å². The number of halogens is 1. The first-order chi connectivity index (χ1) is 16.6. The van der Waals surface area contributed by atoms with E-state index in [1.807, 2.05) is 41.1 Å². The second-order valence-electron chi connectivity index (χ2n) is 8.09. The molecule has 6 nitrogen and oxygen atoms in total. The molecule has 0 unspecified atom stereocenters. The Morgan fingerprint density at radius 3 is 2.47 bits per heavy atom. The number of rotatable bonds is 7. The Morgan fingerprint density at radius 2 is 1.76 bits per heavy atom. The molecule has 4 aromatic rings. The van der Waals surface area contributed by atoms with Crippen molar-refractivity contribution in [1.29, 1.82) is 0 Å². The predicted molar refractivity (Wildman–Crippen MR) is 128 cm³/mol. The van der Waals surface area contributed by atoms with E-state index in [4.69, 9.17) is 25.8 Å². The molecule has 172 valence electrons. The molecule has 3 aromatic carbocycles. The van der Waals surface area contributed by atoms with Gasteiger partial charge in [0.05, 0.1) is 25.0 Å². The average Bonchev–Trinajstić information content (AvgIpc) is 3.54. The fourth-order valence-corrected chi connectivity index (χ4v) is 4.10. The van der Waals surface area contributed by atoms with Gasteiger partial charge in [-0.3, -0.25) is 0 Å². The van der Waals surface area contributed by atoms with Gasteiger partial charge in [-0.25, -0.2) is 9.78 Å². The number of benzene rings is 3. The molecule has 0 spiro atoms. The maximum absolute atomic E-state index is 12.4. The quantitative estimate of drug-likeness (QED) is 0.339. The van der Waals surface area contributed by atoms with Crippen LogP contribution < -0.4 is 0 Å². The summed E-state index contributed by atoms with van der Waals surface area (Å²) in [5.74, 6) is -1.45. The summed E-state index contributed by atoms with van der Waals surface area (Å²) in [7, 11) is 0. The van der Waals surface area contributed by atoms with Crippen molar-refractivity contribution in [3.63, 3.8) is 0 Å². The summed E-state index contributed by atoms with van der Waals surface area (Å²) in [6.07, 6.45) is 4.89. The summed E-state index contributed by atoms with van der Waals surface area (Å²) in [6.45, 7) is 0.789. The van der Waals surface area contributed by atoms with Gasteiger partial charge in [0.2, 0.25) is 5.79 Å². The maximum atomic E-state index is 12.4. The minimum absolute atomic E-state index is 0.0786. The number of nitrogens with zero attached hydrogens (tertiary/aromatic N) is 2. The zero-order chi connectivity index (χ0) is 23.4. The molecule has 0 radical (unpaired) electrons. The van der Waals surface area contributed by atoms with Gasteiger partial charge in [0.1, 0.15) is 12.7 Å². The number of esters is 1. The number of ether oxygens (including phenoxy) is 3. The number of imidazole rings is 1. The molecule has 0 bridgehead atoms. The van der Waals surface area contributed by atoms with Crippen LogP contribution in [0.2, 0.25) is 5.02 Å². The number of carbonyl (C=O) groups is 1. The summed E-state index contributed by atoms with van der Waals surface area (Å²) in [6, 6.07) is 24.9. The Labute approximate surface area is 202 Å². The first-order valence-electron chi connectivity index (χ1n) is 11.0. The van der Waals surface area contributed by atoms with E-state index in [0.29, 0.717) is 23.7 Å². The molecular formula is C27H23ClN2O4. The van der Waals surface area contributed by atoms with Crippen LogP contribution in [0.4, 0.5) is 0 Å². The highest BCUT2D eigenvalue weighted by Gasteiger charge is 2.44. The highest BCUT2D eigenvalue weighted by atomic mass is 35.5. The summed E-state index contributed by atoms with van der Waals surface area (Å²) < 4.78 is 20.0. The van der Waals surface area contributed by atoms with E-state index in [1.54, 1.807) is 36.8 Å². The molecule has 1 saturated heterocycles. The molecule has 0 saturated carbocycles. The third kappa shape index (κ3) is 4.89. The van der Waals surface area contributed by atoms with E-state index >= 15 is 0 Å². The molecule has 0 N–H and O–H groups in total. The van der Waals surface area contributed by atoms with Crippen LogP contribution in [0.25, 0.3) is 11.1 Å². The van der Waals surface area contributed by atoms with Crippen LogP contribution >= 0.6 is 11.6 Å². The summed E-state index contributed by atoms with van der Waals surface area (Å²) in [5, 5.41) is 0.562. The molecule has 2 heterocycles. The Morgan fingerprint density at radius 1 is 1.03 bits per heavy atom. The van der Waals surface area contributed by atoms with E-state index < -0.39 is 17.9 Å². The molecule has 1 aliphatic rings. The van der Waals surface area contributed by atoms with Crippen LogP contribution in [0, 0.1) is 0 Å². The van der Waals surface area contributed by atoms with Gasteiger partial charge in [0.25, 0.3) is 0 Å². The van der Waals surface area contributed by atoms with Crippen molar-refractivity contribution in [2.24, 2.45) is 0 Å². The second-order valence-corrected chi connectivity index (χ2v) is 8.52. The lowest BCUT2D eigenvalue weighted by atomic mass is 10.00. The van der Waals surface area contributed by atoms with Gasteiger partial charge in [-0.15, -0.1) is 0 Å². The third-order valence-electron chi connectivity index (χ3n) is 5.72.